The molecule has 1 amide bonds. The normalized spacial score (nSPS) is 19.5. The molecule has 0 saturated carbocycles. The zero-order chi connectivity index (χ0) is 19.7. The van der Waals surface area contributed by atoms with E-state index in [2.05, 4.69) is 0 Å². The van der Waals surface area contributed by atoms with Crippen LogP contribution >= 0.6 is 0 Å². The number of hydrogen-bond acceptors (Lipinski definition) is 4. The number of ketones is 1. The molecule has 5 nitrogen and oxygen atoms in total. The second kappa shape index (κ2) is 7.50. The third kappa shape index (κ3) is 2.97. The van der Waals surface area contributed by atoms with Crippen molar-refractivity contribution in [1.82, 2.24) is 0 Å². The Hall–Kier alpha value is -3.08. The molecular formula is C23H23NO4. The van der Waals surface area contributed by atoms with Crippen molar-refractivity contribution < 1.29 is 19.1 Å². The van der Waals surface area contributed by atoms with Crippen molar-refractivity contribution in [2.45, 2.75) is 31.6 Å². The largest absolute Gasteiger partial charge is 0.493 e. The minimum Gasteiger partial charge on any atom is -0.493 e. The van der Waals surface area contributed by atoms with Gasteiger partial charge in [-0.3, -0.25) is 14.5 Å². The summed E-state index contributed by atoms with van der Waals surface area (Å²) in [6.07, 6.45) is 2.21. The number of methoxy groups -OCH3 is 2. The molecule has 2 aliphatic rings. The van der Waals surface area contributed by atoms with Crippen LogP contribution < -0.4 is 14.4 Å². The van der Waals surface area contributed by atoms with E-state index in [0.717, 1.165) is 28.9 Å². The van der Waals surface area contributed by atoms with Crippen LogP contribution in [0.15, 0.2) is 59.8 Å². The first-order chi connectivity index (χ1) is 13.7. The van der Waals surface area contributed by atoms with Crippen LogP contribution in [-0.2, 0) is 9.59 Å². The quantitative estimate of drug-likeness (QED) is 0.800. The van der Waals surface area contributed by atoms with Gasteiger partial charge in [0.1, 0.15) is 0 Å². The van der Waals surface area contributed by atoms with Crippen LogP contribution in [0.5, 0.6) is 11.5 Å². The Morgan fingerprint density at radius 3 is 2.43 bits per heavy atom. The number of rotatable bonds is 4. The summed E-state index contributed by atoms with van der Waals surface area (Å²) in [6.45, 7) is 0. The number of Topliss-reactive ketones (excluding diaryl/α,β-unsaturated/α-hetero) is 1. The number of benzene rings is 2. The lowest BCUT2D eigenvalue weighted by Crippen LogP contribution is -2.40. The molecule has 0 unspecified atom stereocenters. The number of hydrogen-bond donors (Lipinski definition) is 0. The van der Waals surface area contributed by atoms with Crippen LogP contribution in [-0.4, -0.2) is 25.9 Å². The summed E-state index contributed by atoms with van der Waals surface area (Å²) in [5.41, 5.74) is 3.20. The molecule has 0 spiro atoms. The topological polar surface area (TPSA) is 55.8 Å². The minimum absolute atomic E-state index is 0.00507. The summed E-state index contributed by atoms with van der Waals surface area (Å²) in [5, 5.41) is 0. The first-order valence-corrected chi connectivity index (χ1v) is 9.50. The molecule has 0 fully saturated rings. The van der Waals surface area contributed by atoms with Crippen molar-refractivity contribution >= 4 is 17.4 Å². The van der Waals surface area contributed by atoms with Crippen LogP contribution in [0.2, 0.25) is 0 Å². The van der Waals surface area contributed by atoms with Crippen LogP contribution in [0.3, 0.4) is 0 Å². The molecule has 5 heteroatoms. The average Bonchev–Trinajstić information content (AvgIpc) is 2.73. The fourth-order valence-electron chi connectivity index (χ4n) is 4.32. The summed E-state index contributed by atoms with van der Waals surface area (Å²) in [6, 6.07) is 15.2. The summed E-state index contributed by atoms with van der Waals surface area (Å²) in [7, 11) is 3.17. The molecule has 1 atom stereocenters. The van der Waals surface area contributed by atoms with E-state index >= 15 is 0 Å². The molecule has 0 bridgehead atoms. The van der Waals surface area contributed by atoms with Gasteiger partial charge in [0.25, 0.3) is 0 Å². The maximum absolute atomic E-state index is 13.2. The van der Waals surface area contributed by atoms with E-state index in [1.807, 2.05) is 48.5 Å². The zero-order valence-electron chi connectivity index (χ0n) is 16.1. The van der Waals surface area contributed by atoms with E-state index in [1.165, 1.54) is 0 Å². The first-order valence-electron chi connectivity index (χ1n) is 9.50. The maximum atomic E-state index is 13.2. The Labute approximate surface area is 164 Å². The smallest absolute Gasteiger partial charge is 0.232 e. The minimum atomic E-state index is -0.319. The standard InChI is InChI=1S/C23H23NO4/c1-27-20-13-6-10-16(23(20)28-2)17-14-21(26)24(15-8-4-3-5-9-15)18-11-7-12-19(25)22(17)18/h3-6,8-10,13,17H,7,11-12,14H2,1-2H3/t17-/m1/s1. The molecule has 1 aliphatic heterocycles. The van der Waals surface area contributed by atoms with Gasteiger partial charge in [-0.05, 0) is 31.0 Å². The predicted molar refractivity (Wildman–Crippen MR) is 107 cm³/mol. The lowest BCUT2D eigenvalue weighted by atomic mass is 9.76. The molecule has 28 heavy (non-hydrogen) atoms. The van der Waals surface area contributed by atoms with Crippen molar-refractivity contribution in [3.63, 3.8) is 0 Å². The highest BCUT2D eigenvalue weighted by atomic mass is 16.5. The van der Waals surface area contributed by atoms with Crippen molar-refractivity contribution in [2.75, 3.05) is 19.1 Å². The monoisotopic (exact) mass is 377 g/mol. The second-order valence-electron chi connectivity index (χ2n) is 7.04. The van der Waals surface area contributed by atoms with Crippen molar-refractivity contribution in [1.29, 1.82) is 0 Å². The average molecular weight is 377 g/mol. The number of nitrogens with zero attached hydrogens (tertiary/aromatic N) is 1. The van der Waals surface area contributed by atoms with Gasteiger partial charge < -0.3 is 9.47 Å². The van der Waals surface area contributed by atoms with Gasteiger partial charge in [-0.1, -0.05) is 30.3 Å². The molecule has 0 saturated heterocycles. The highest BCUT2D eigenvalue weighted by molar-refractivity contribution is 6.07. The number of amides is 1. The summed E-state index contributed by atoms with van der Waals surface area (Å²) < 4.78 is 11.0. The molecule has 1 heterocycles. The van der Waals surface area contributed by atoms with Crippen molar-refractivity contribution in [3.8, 4) is 11.5 Å². The number of anilines is 1. The van der Waals surface area contributed by atoms with Crippen LogP contribution in [0.1, 0.15) is 37.2 Å². The number of para-hydroxylation sites is 2. The fourth-order valence-corrected chi connectivity index (χ4v) is 4.32. The van der Waals surface area contributed by atoms with Crippen LogP contribution in [0, 0.1) is 0 Å². The number of ether oxygens (including phenoxy) is 2. The van der Waals surface area contributed by atoms with E-state index < -0.39 is 0 Å². The van der Waals surface area contributed by atoms with Gasteiger partial charge >= 0.3 is 0 Å². The van der Waals surface area contributed by atoms with Gasteiger partial charge in [0, 0.05) is 41.3 Å². The lowest BCUT2D eigenvalue weighted by molar-refractivity contribution is -0.119. The van der Waals surface area contributed by atoms with E-state index in [0.29, 0.717) is 24.3 Å². The van der Waals surface area contributed by atoms with Gasteiger partial charge in [-0.2, -0.15) is 0 Å². The first kappa shape index (κ1) is 18.3. The molecule has 0 radical (unpaired) electrons. The molecule has 144 valence electrons. The summed E-state index contributed by atoms with van der Waals surface area (Å²) >= 11 is 0. The van der Waals surface area contributed by atoms with Gasteiger partial charge in [-0.15, -0.1) is 0 Å². The second-order valence-corrected chi connectivity index (χ2v) is 7.04. The van der Waals surface area contributed by atoms with E-state index in [4.69, 9.17) is 9.47 Å². The van der Waals surface area contributed by atoms with Crippen molar-refractivity contribution in [3.05, 3.63) is 65.4 Å². The van der Waals surface area contributed by atoms with Gasteiger partial charge in [0.15, 0.2) is 17.3 Å². The van der Waals surface area contributed by atoms with E-state index in [9.17, 15) is 9.59 Å². The number of carbonyl (C=O) groups is 2. The molecular weight excluding hydrogens is 354 g/mol. The molecule has 2 aromatic rings. The molecule has 2 aromatic carbocycles. The van der Waals surface area contributed by atoms with Gasteiger partial charge in [0.05, 0.1) is 14.2 Å². The van der Waals surface area contributed by atoms with Gasteiger partial charge in [0.2, 0.25) is 5.91 Å². The fraction of sp³-hybridized carbons (Fsp3) is 0.304. The molecule has 1 aliphatic carbocycles. The van der Waals surface area contributed by atoms with Crippen LogP contribution in [0.4, 0.5) is 5.69 Å². The Morgan fingerprint density at radius 1 is 0.929 bits per heavy atom. The molecule has 0 aromatic heterocycles. The Bertz CT molecular complexity index is 948. The predicted octanol–water partition coefficient (Wildman–Crippen LogP) is 4.23. The highest BCUT2D eigenvalue weighted by Crippen LogP contribution is 2.47. The molecule has 4 rings (SSSR count). The summed E-state index contributed by atoms with van der Waals surface area (Å²) in [4.78, 5) is 27.9. The molecule has 0 N–H and O–H groups in total. The van der Waals surface area contributed by atoms with Crippen LogP contribution in [0.25, 0.3) is 0 Å². The zero-order valence-corrected chi connectivity index (χ0v) is 16.1. The number of carbonyl (C=O) groups excluding carboxylic acids is 2. The van der Waals surface area contributed by atoms with Gasteiger partial charge in [-0.25, -0.2) is 0 Å². The van der Waals surface area contributed by atoms with E-state index in [1.54, 1.807) is 19.1 Å². The van der Waals surface area contributed by atoms with E-state index in [-0.39, 0.29) is 24.0 Å². The Morgan fingerprint density at radius 2 is 1.71 bits per heavy atom. The summed E-state index contributed by atoms with van der Waals surface area (Å²) in [5.74, 6) is 0.976. The Kier molecular flexibility index (Phi) is 4.90. The number of allylic oxidation sites excluding steroid dienone is 2. The maximum Gasteiger partial charge on any atom is 0.232 e. The van der Waals surface area contributed by atoms with Crippen molar-refractivity contribution in [2.24, 2.45) is 0 Å². The third-order valence-corrected chi connectivity index (χ3v) is 5.50. The SMILES string of the molecule is COc1cccc([C@H]2CC(=O)N(c3ccccc3)C3=C2C(=O)CCC3)c1OC. The highest BCUT2D eigenvalue weighted by Gasteiger charge is 2.40. The lowest BCUT2D eigenvalue weighted by Gasteiger charge is -2.38. The third-order valence-electron chi connectivity index (χ3n) is 5.50. The Balaban J connectivity index is 1.89.